The fourth-order valence-corrected chi connectivity index (χ4v) is 2.49. The third-order valence-corrected chi connectivity index (χ3v) is 3.56. The predicted molar refractivity (Wildman–Crippen MR) is 56.2 cm³/mol. The molecular weight excluding hydrogens is 192 g/mol. The number of hydrogen-bond acceptors (Lipinski definition) is 4. The SMILES string of the molecule is Cn1nncc1C1(CN)CCC(O)CC1. The molecule has 3 N–H and O–H groups in total. The highest BCUT2D eigenvalue weighted by Crippen LogP contribution is 2.37. The first-order valence-corrected chi connectivity index (χ1v) is 5.41. The molecule has 0 aliphatic heterocycles. The van der Waals surface area contributed by atoms with Crippen LogP contribution in [0.15, 0.2) is 6.20 Å². The van der Waals surface area contributed by atoms with E-state index < -0.39 is 0 Å². The summed E-state index contributed by atoms with van der Waals surface area (Å²) in [5.41, 5.74) is 6.96. The van der Waals surface area contributed by atoms with E-state index in [-0.39, 0.29) is 11.5 Å². The Labute approximate surface area is 89.3 Å². The highest BCUT2D eigenvalue weighted by Gasteiger charge is 2.37. The van der Waals surface area contributed by atoms with E-state index in [2.05, 4.69) is 10.3 Å². The number of aryl methyl sites for hydroxylation is 1. The van der Waals surface area contributed by atoms with Gasteiger partial charge in [-0.2, -0.15) is 0 Å². The van der Waals surface area contributed by atoms with Crippen molar-refractivity contribution >= 4 is 0 Å². The number of aliphatic hydroxyl groups excluding tert-OH is 1. The van der Waals surface area contributed by atoms with Crippen molar-refractivity contribution < 1.29 is 5.11 Å². The lowest BCUT2D eigenvalue weighted by Crippen LogP contribution is -2.41. The van der Waals surface area contributed by atoms with Gasteiger partial charge >= 0.3 is 0 Å². The van der Waals surface area contributed by atoms with Gasteiger partial charge in [-0.25, -0.2) is 0 Å². The van der Waals surface area contributed by atoms with Crippen molar-refractivity contribution in [3.8, 4) is 0 Å². The molecule has 1 aromatic heterocycles. The molecule has 15 heavy (non-hydrogen) atoms. The smallest absolute Gasteiger partial charge is 0.0731 e. The molecule has 0 spiro atoms. The van der Waals surface area contributed by atoms with Crippen LogP contribution < -0.4 is 5.73 Å². The minimum Gasteiger partial charge on any atom is -0.393 e. The van der Waals surface area contributed by atoms with Gasteiger partial charge in [0.15, 0.2) is 0 Å². The van der Waals surface area contributed by atoms with Crippen molar-refractivity contribution in [2.24, 2.45) is 12.8 Å². The molecule has 0 amide bonds. The second kappa shape index (κ2) is 3.90. The first kappa shape index (κ1) is 10.6. The summed E-state index contributed by atoms with van der Waals surface area (Å²) in [6.45, 7) is 0.598. The van der Waals surface area contributed by atoms with Gasteiger partial charge in [0.25, 0.3) is 0 Å². The zero-order valence-corrected chi connectivity index (χ0v) is 9.06. The van der Waals surface area contributed by atoms with Crippen molar-refractivity contribution in [1.29, 1.82) is 0 Å². The van der Waals surface area contributed by atoms with Crippen LogP contribution in [0.1, 0.15) is 31.4 Å². The maximum absolute atomic E-state index is 9.52. The largest absolute Gasteiger partial charge is 0.393 e. The van der Waals surface area contributed by atoms with Gasteiger partial charge in [-0.1, -0.05) is 5.21 Å². The lowest BCUT2D eigenvalue weighted by Gasteiger charge is -2.37. The Morgan fingerprint density at radius 2 is 2.27 bits per heavy atom. The maximum Gasteiger partial charge on any atom is 0.0731 e. The molecule has 1 fully saturated rings. The van der Waals surface area contributed by atoms with Crippen LogP contribution in [0.2, 0.25) is 0 Å². The number of nitrogens with two attached hydrogens (primary N) is 1. The lowest BCUT2D eigenvalue weighted by atomic mass is 9.71. The topological polar surface area (TPSA) is 77.0 Å². The summed E-state index contributed by atoms with van der Waals surface area (Å²) in [6.07, 6.45) is 5.12. The number of hydrogen-bond donors (Lipinski definition) is 2. The third kappa shape index (κ3) is 1.77. The average Bonchev–Trinajstić information content (AvgIpc) is 2.67. The molecule has 5 heteroatoms. The van der Waals surface area contributed by atoms with Gasteiger partial charge in [0.05, 0.1) is 18.0 Å². The Morgan fingerprint density at radius 1 is 1.60 bits per heavy atom. The standard InChI is InChI=1S/C10H18N4O/c1-14-9(6-12-13-14)10(7-11)4-2-8(15)3-5-10/h6,8,15H,2-5,7,11H2,1H3. The van der Waals surface area contributed by atoms with E-state index in [9.17, 15) is 5.11 Å². The van der Waals surface area contributed by atoms with E-state index in [1.165, 1.54) is 0 Å². The van der Waals surface area contributed by atoms with Crippen LogP contribution in [0.5, 0.6) is 0 Å². The highest BCUT2D eigenvalue weighted by atomic mass is 16.3. The lowest BCUT2D eigenvalue weighted by molar-refractivity contribution is 0.0949. The van der Waals surface area contributed by atoms with Crippen LogP contribution in [-0.2, 0) is 12.5 Å². The Morgan fingerprint density at radius 3 is 2.73 bits per heavy atom. The van der Waals surface area contributed by atoms with Gasteiger partial charge < -0.3 is 10.8 Å². The molecule has 0 aromatic carbocycles. The molecule has 0 saturated heterocycles. The molecule has 2 rings (SSSR count). The van der Waals surface area contributed by atoms with Crippen molar-refractivity contribution in [1.82, 2.24) is 15.0 Å². The second-order valence-corrected chi connectivity index (χ2v) is 4.46. The van der Waals surface area contributed by atoms with Crippen molar-refractivity contribution in [2.45, 2.75) is 37.2 Å². The van der Waals surface area contributed by atoms with Gasteiger partial charge in [0.1, 0.15) is 0 Å². The molecule has 0 unspecified atom stereocenters. The van der Waals surface area contributed by atoms with E-state index in [0.29, 0.717) is 6.54 Å². The minimum absolute atomic E-state index is 0.0303. The highest BCUT2D eigenvalue weighted by molar-refractivity contribution is 5.15. The Bertz CT molecular complexity index is 328. The molecule has 1 heterocycles. The van der Waals surface area contributed by atoms with Gasteiger partial charge in [-0.15, -0.1) is 5.10 Å². The minimum atomic E-state index is -0.161. The van der Waals surface area contributed by atoms with E-state index in [1.54, 1.807) is 10.9 Å². The third-order valence-electron chi connectivity index (χ3n) is 3.56. The first-order valence-electron chi connectivity index (χ1n) is 5.41. The van der Waals surface area contributed by atoms with Crippen LogP contribution in [0.3, 0.4) is 0 Å². The summed E-state index contributed by atoms with van der Waals surface area (Å²) in [5, 5.41) is 17.4. The van der Waals surface area contributed by atoms with Crippen LogP contribution in [0.25, 0.3) is 0 Å². The average molecular weight is 210 g/mol. The number of aliphatic hydroxyl groups is 1. The van der Waals surface area contributed by atoms with E-state index in [1.807, 2.05) is 7.05 Å². The quantitative estimate of drug-likeness (QED) is 0.717. The molecule has 1 aliphatic carbocycles. The molecule has 1 saturated carbocycles. The van der Waals surface area contributed by atoms with Crippen LogP contribution in [0.4, 0.5) is 0 Å². The van der Waals surface area contributed by atoms with E-state index >= 15 is 0 Å². The van der Waals surface area contributed by atoms with Crippen molar-refractivity contribution in [3.05, 3.63) is 11.9 Å². The normalized spacial score (nSPS) is 31.8. The van der Waals surface area contributed by atoms with Gasteiger partial charge in [0, 0.05) is 19.0 Å². The molecule has 84 valence electrons. The molecule has 0 atom stereocenters. The fraction of sp³-hybridized carbons (Fsp3) is 0.800. The summed E-state index contributed by atoms with van der Waals surface area (Å²) in [6, 6.07) is 0. The molecule has 0 radical (unpaired) electrons. The summed E-state index contributed by atoms with van der Waals surface area (Å²) in [4.78, 5) is 0. The maximum atomic E-state index is 9.52. The van der Waals surface area contributed by atoms with Crippen LogP contribution in [0, 0.1) is 0 Å². The molecular formula is C10H18N4O. The van der Waals surface area contributed by atoms with Gasteiger partial charge in [-0.05, 0) is 25.7 Å². The molecule has 0 bridgehead atoms. The summed E-state index contributed by atoms with van der Waals surface area (Å²) in [7, 11) is 1.89. The second-order valence-electron chi connectivity index (χ2n) is 4.46. The summed E-state index contributed by atoms with van der Waals surface area (Å²) < 4.78 is 1.80. The fourth-order valence-electron chi connectivity index (χ4n) is 2.49. The Balaban J connectivity index is 2.26. The number of nitrogens with zero attached hydrogens (tertiary/aromatic N) is 3. The van der Waals surface area contributed by atoms with E-state index in [0.717, 1.165) is 31.4 Å². The predicted octanol–water partition coefficient (Wildman–Crippen LogP) is -0.0535. The molecule has 1 aliphatic rings. The summed E-state index contributed by atoms with van der Waals surface area (Å²) in [5.74, 6) is 0. The Kier molecular flexibility index (Phi) is 2.75. The molecule has 1 aromatic rings. The van der Waals surface area contributed by atoms with Gasteiger partial charge in [-0.3, -0.25) is 4.68 Å². The monoisotopic (exact) mass is 210 g/mol. The zero-order valence-electron chi connectivity index (χ0n) is 9.06. The Hall–Kier alpha value is -0.940. The van der Waals surface area contributed by atoms with Crippen LogP contribution >= 0.6 is 0 Å². The number of aromatic nitrogens is 3. The van der Waals surface area contributed by atoms with Crippen molar-refractivity contribution in [3.63, 3.8) is 0 Å². The van der Waals surface area contributed by atoms with E-state index in [4.69, 9.17) is 5.73 Å². The zero-order chi connectivity index (χ0) is 10.9. The van der Waals surface area contributed by atoms with Crippen LogP contribution in [-0.4, -0.2) is 32.7 Å². The summed E-state index contributed by atoms with van der Waals surface area (Å²) >= 11 is 0. The molecule has 5 nitrogen and oxygen atoms in total. The van der Waals surface area contributed by atoms with Crippen molar-refractivity contribution in [2.75, 3.05) is 6.54 Å². The number of rotatable bonds is 2. The first-order chi connectivity index (χ1) is 7.18. The van der Waals surface area contributed by atoms with Gasteiger partial charge in [0.2, 0.25) is 0 Å².